The maximum Gasteiger partial charge on any atom is 0.419 e. The van der Waals surface area contributed by atoms with Gasteiger partial charge in [0.05, 0.1) is 17.8 Å². The SMILES string of the molecule is CCn1c(=O)n(Cc2cc3c(Cl)cccc3n2C(=O)OC(C)(C)C)c(=O)c2c1nc(Br)n2C. The van der Waals surface area contributed by atoms with Gasteiger partial charge in [0, 0.05) is 24.0 Å². The van der Waals surface area contributed by atoms with Gasteiger partial charge >= 0.3 is 11.8 Å². The third-order valence-electron chi connectivity index (χ3n) is 5.27. The fraction of sp³-hybridized carbons (Fsp3) is 0.364. The molecule has 0 radical (unpaired) electrons. The lowest BCUT2D eigenvalue weighted by atomic mass is 10.2. The number of nitrogens with zero attached hydrogens (tertiary/aromatic N) is 5. The summed E-state index contributed by atoms with van der Waals surface area (Å²) in [5.74, 6) is 0. The molecule has 0 N–H and O–H groups in total. The van der Waals surface area contributed by atoms with Crippen molar-refractivity contribution in [3.05, 3.63) is 60.6 Å². The maximum absolute atomic E-state index is 13.4. The van der Waals surface area contributed by atoms with Crippen LogP contribution in [0, 0.1) is 0 Å². The molecule has 0 saturated carbocycles. The molecule has 33 heavy (non-hydrogen) atoms. The van der Waals surface area contributed by atoms with E-state index in [9.17, 15) is 14.4 Å². The second kappa shape index (κ2) is 8.18. The molecule has 0 aliphatic heterocycles. The maximum atomic E-state index is 13.4. The molecule has 0 aliphatic rings. The summed E-state index contributed by atoms with van der Waals surface area (Å²) in [5, 5.41) is 1.06. The molecule has 0 amide bonds. The van der Waals surface area contributed by atoms with Crippen LogP contribution in [-0.2, 0) is 24.9 Å². The van der Waals surface area contributed by atoms with Crippen molar-refractivity contribution in [2.24, 2.45) is 7.05 Å². The van der Waals surface area contributed by atoms with Crippen LogP contribution >= 0.6 is 27.5 Å². The van der Waals surface area contributed by atoms with Crippen LogP contribution in [0.4, 0.5) is 4.79 Å². The lowest BCUT2D eigenvalue weighted by Gasteiger charge is -2.21. The zero-order valence-corrected chi connectivity index (χ0v) is 21.2. The van der Waals surface area contributed by atoms with E-state index in [1.807, 2.05) is 0 Å². The molecule has 174 valence electrons. The molecule has 0 saturated heterocycles. The number of ether oxygens (including phenoxy) is 1. The fourth-order valence-electron chi connectivity index (χ4n) is 3.81. The molecule has 3 heterocycles. The number of carbonyl (C=O) groups is 1. The van der Waals surface area contributed by atoms with Crippen LogP contribution in [-0.4, -0.2) is 34.9 Å². The van der Waals surface area contributed by atoms with Crippen molar-refractivity contribution in [1.82, 2.24) is 23.3 Å². The first kappa shape index (κ1) is 23.3. The Hall–Kier alpha value is -2.85. The van der Waals surface area contributed by atoms with E-state index < -0.39 is 22.9 Å². The average Bonchev–Trinajstić information content (AvgIpc) is 3.23. The highest BCUT2D eigenvalue weighted by Gasteiger charge is 2.25. The van der Waals surface area contributed by atoms with Crippen molar-refractivity contribution < 1.29 is 9.53 Å². The van der Waals surface area contributed by atoms with Crippen molar-refractivity contribution in [2.75, 3.05) is 0 Å². The van der Waals surface area contributed by atoms with E-state index in [0.29, 0.717) is 38.5 Å². The van der Waals surface area contributed by atoms with Crippen molar-refractivity contribution in [3.8, 4) is 0 Å². The van der Waals surface area contributed by atoms with E-state index in [1.165, 1.54) is 9.13 Å². The van der Waals surface area contributed by atoms with Gasteiger partial charge in [0.25, 0.3) is 5.56 Å². The van der Waals surface area contributed by atoms with Crippen LogP contribution < -0.4 is 11.2 Å². The number of fused-ring (bicyclic) bond motifs is 2. The van der Waals surface area contributed by atoms with Crippen molar-refractivity contribution in [1.29, 1.82) is 0 Å². The quantitative estimate of drug-likeness (QED) is 0.367. The molecule has 4 rings (SSSR count). The lowest BCUT2D eigenvalue weighted by Crippen LogP contribution is -2.41. The predicted molar refractivity (Wildman–Crippen MR) is 130 cm³/mol. The van der Waals surface area contributed by atoms with Crippen LogP contribution in [0.3, 0.4) is 0 Å². The van der Waals surface area contributed by atoms with E-state index in [1.54, 1.807) is 63.6 Å². The van der Waals surface area contributed by atoms with Gasteiger partial charge in [-0.3, -0.25) is 13.9 Å². The van der Waals surface area contributed by atoms with Crippen LogP contribution in [0.15, 0.2) is 38.6 Å². The van der Waals surface area contributed by atoms with Crippen LogP contribution in [0.1, 0.15) is 33.4 Å². The molecule has 9 nitrogen and oxygen atoms in total. The zero-order valence-electron chi connectivity index (χ0n) is 18.8. The zero-order chi connectivity index (χ0) is 24.2. The second-order valence-electron chi connectivity index (χ2n) is 8.65. The minimum Gasteiger partial charge on any atom is -0.443 e. The Balaban J connectivity index is 1.99. The van der Waals surface area contributed by atoms with E-state index in [0.717, 1.165) is 4.57 Å². The molecule has 0 fully saturated rings. The summed E-state index contributed by atoms with van der Waals surface area (Å²) in [6.07, 6.45) is -0.622. The molecule has 0 aliphatic carbocycles. The number of imidazole rings is 1. The smallest absolute Gasteiger partial charge is 0.419 e. The van der Waals surface area contributed by atoms with Gasteiger partial charge in [0.2, 0.25) is 0 Å². The minimum absolute atomic E-state index is 0.152. The first-order valence-corrected chi connectivity index (χ1v) is 11.5. The van der Waals surface area contributed by atoms with Gasteiger partial charge in [-0.05, 0) is 61.8 Å². The van der Waals surface area contributed by atoms with Crippen molar-refractivity contribution in [2.45, 2.75) is 46.4 Å². The Morgan fingerprint density at radius 1 is 1.21 bits per heavy atom. The van der Waals surface area contributed by atoms with Gasteiger partial charge in [-0.25, -0.2) is 19.1 Å². The molecule has 0 bridgehead atoms. The lowest BCUT2D eigenvalue weighted by molar-refractivity contribution is 0.0540. The first-order chi connectivity index (χ1) is 15.4. The van der Waals surface area contributed by atoms with Crippen molar-refractivity contribution >= 4 is 55.7 Å². The Kier molecular flexibility index (Phi) is 5.78. The van der Waals surface area contributed by atoms with E-state index in [4.69, 9.17) is 16.3 Å². The number of hydrogen-bond donors (Lipinski definition) is 0. The number of aryl methyl sites for hydroxylation is 2. The number of carbonyl (C=O) groups excluding carboxylic acids is 1. The van der Waals surface area contributed by atoms with E-state index in [2.05, 4.69) is 20.9 Å². The van der Waals surface area contributed by atoms with Crippen LogP contribution in [0.5, 0.6) is 0 Å². The number of halogens is 2. The summed E-state index contributed by atoms with van der Waals surface area (Å²) in [4.78, 5) is 44.1. The average molecular weight is 537 g/mol. The Labute approximate surface area is 202 Å². The van der Waals surface area contributed by atoms with E-state index in [-0.39, 0.29) is 12.1 Å². The molecule has 3 aromatic heterocycles. The highest BCUT2D eigenvalue weighted by Crippen LogP contribution is 2.28. The van der Waals surface area contributed by atoms with Gasteiger partial charge in [0.1, 0.15) is 5.60 Å². The first-order valence-electron chi connectivity index (χ1n) is 10.3. The van der Waals surface area contributed by atoms with Crippen LogP contribution in [0.25, 0.3) is 22.1 Å². The number of aromatic nitrogens is 5. The fourth-order valence-corrected chi connectivity index (χ4v) is 4.38. The Morgan fingerprint density at radius 3 is 2.55 bits per heavy atom. The monoisotopic (exact) mass is 535 g/mol. The summed E-state index contributed by atoms with van der Waals surface area (Å²) in [7, 11) is 1.69. The molecule has 0 unspecified atom stereocenters. The summed E-state index contributed by atoms with van der Waals surface area (Å²) < 4.78 is 11.5. The Bertz CT molecular complexity index is 1540. The highest BCUT2D eigenvalue weighted by molar-refractivity contribution is 9.10. The summed E-state index contributed by atoms with van der Waals surface area (Å²) in [5.41, 5.74) is -0.264. The predicted octanol–water partition coefficient (Wildman–Crippen LogP) is 4.12. The summed E-state index contributed by atoms with van der Waals surface area (Å²) in [6.45, 7) is 7.27. The Morgan fingerprint density at radius 2 is 1.91 bits per heavy atom. The summed E-state index contributed by atoms with van der Waals surface area (Å²) >= 11 is 9.70. The normalized spacial score (nSPS) is 12.1. The molecular weight excluding hydrogens is 514 g/mol. The van der Waals surface area contributed by atoms with Gasteiger partial charge in [-0.2, -0.15) is 0 Å². The molecule has 1 aromatic carbocycles. The topological polar surface area (TPSA) is 93.0 Å². The third kappa shape index (κ3) is 3.91. The third-order valence-corrected chi connectivity index (χ3v) is 6.31. The largest absolute Gasteiger partial charge is 0.443 e. The molecule has 11 heteroatoms. The van der Waals surface area contributed by atoms with Gasteiger partial charge in [-0.15, -0.1) is 0 Å². The molecular formula is C22H23BrClN5O4. The van der Waals surface area contributed by atoms with Crippen molar-refractivity contribution in [3.63, 3.8) is 0 Å². The standard InChI is InChI=1S/C22H23BrClN5O4/c1-6-27-17-16(26(5)19(23)25-17)18(30)28(20(27)31)11-12-10-13-14(24)8-7-9-15(13)29(12)21(32)33-22(2,3)4/h7-10H,6,11H2,1-5H3. The minimum atomic E-state index is -0.741. The van der Waals surface area contributed by atoms with Gasteiger partial charge in [-0.1, -0.05) is 17.7 Å². The highest BCUT2D eigenvalue weighted by atomic mass is 79.9. The number of hydrogen-bond acceptors (Lipinski definition) is 5. The molecule has 4 aromatic rings. The van der Waals surface area contributed by atoms with Crippen LogP contribution in [0.2, 0.25) is 5.02 Å². The second-order valence-corrected chi connectivity index (χ2v) is 9.77. The molecule has 0 spiro atoms. The summed E-state index contributed by atoms with van der Waals surface area (Å²) in [6, 6.07) is 6.88. The number of benzene rings is 1. The van der Waals surface area contributed by atoms with Gasteiger partial charge < -0.3 is 9.30 Å². The van der Waals surface area contributed by atoms with Gasteiger partial charge in [0.15, 0.2) is 15.9 Å². The molecule has 0 atom stereocenters. The number of rotatable bonds is 3. The van der Waals surface area contributed by atoms with E-state index >= 15 is 0 Å².